The highest BCUT2D eigenvalue weighted by Crippen LogP contribution is 2.28. The summed E-state index contributed by atoms with van der Waals surface area (Å²) in [6.07, 6.45) is 6.48. The van der Waals surface area contributed by atoms with Crippen LogP contribution in [0.4, 0.5) is 5.95 Å². The van der Waals surface area contributed by atoms with Crippen LogP contribution in [-0.4, -0.2) is 15.6 Å². The standard InChI is InChI=1S/C12H15N3S/c1-9(11-3-2-8-16-11)15-7-6-13-12(15)14-10-4-5-10/h2-3,6-10H,4-5H2,1H3,(H,13,14). The zero-order valence-corrected chi connectivity index (χ0v) is 10.1. The first-order valence-corrected chi connectivity index (χ1v) is 6.55. The highest BCUT2D eigenvalue weighted by Gasteiger charge is 2.23. The van der Waals surface area contributed by atoms with E-state index in [9.17, 15) is 0 Å². The molecule has 2 aromatic heterocycles. The first-order valence-electron chi connectivity index (χ1n) is 5.67. The first kappa shape index (κ1) is 9.90. The Morgan fingerprint density at radius 1 is 1.56 bits per heavy atom. The number of hydrogen-bond donors (Lipinski definition) is 1. The Labute approximate surface area is 99.1 Å². The number of anilines is 1. The lowest BCUT2D eigenvalue weighted by molar-refractivity contribution is 0.654. The van der Waals surface area contributed by atoms with E-state index in [1.807, 2.05) is 6.20 Å². The van der Waals surface area contributed by atoms with Crippen LogP contribution in [0.2, 0.25) is 0 Å². The van der Waals surface area contributed by atoms with E-state index in [1.165, 1.54) is 17.7 Å². The molecule has 2 heterocycles. The van der Waals surface area contributed by atoms with E-state index in [-0.39, 0.29) is 0 Å². The lowest BCUT2D eigenvalue weighted by Crippen LogP contribution is -2.12. The molecule has 1 unspecified atom stereocenters. The Hall–Kier alpha value is -1.29. The van der Waals surface area contributed by atoms with E-state index in [1.54, 1.807) is 11.3 Å². The Balaban J connectivity index is 1.84. The van der Waals surface area contributed by atoms with Crippen molar-refractivity contribution in [3.63, 3.8) is 0 Å². The van der Waals surface area contributed by atoms with Crippen molar-refractivity contribution in [2.75, 3.05) is 5.32 Å². The average Bonchev–Trinajstić information content (AvgIpc) is 2.82. The smallest absolute Gasteiger partial charge is 0.203 e. The summed E-state index contributed by atoms with van der Waals surface area (Å²) in [5.74, 6) is 1.00. The number of rotatable bonds is 4. The number of hydrogen-bond acceptors (Lipinski definition) is 3. The van der Waals surface area contributed by atoms with E-state index in [0.717, 1.165) is 5.95 Å². The van der Waals surface area contributed by atoms with Gasteiger partial charge in [0.25, 0.3) is 0 Å². The Bertz CT molecular complexity index is 456. The molecule has 1 aliphatic carbocycles. The van der Waals surface area contributed by atoms with Gasteiger partial charge in [0.1, 0.15) is 0 Å². The third-order valence-electron chi connectivity index (χ3n) is 2.95. The van der Waals surface area contributed by atoms with Crippen LogP contribution in [0.3, 0.4) is 0 Å². The van der Waals surface area contributed by atoms with Crippen molar-refractivity contribution in [1.82, 2.24) is 9.55 Å². The first-order chi connectivity index (χ1) is 7.84. The summed E-state index contributed by atoms with van der Waals surface area (Å²) in [5, 5.41) is 5.59. The fourth-order valence-electron chi connectivity index (χ4n) is 1.81. The van der Waals surface area contributed by atoms with Gasteiger partial charge >= 0.3 is 0 Å². The van der Waals surface area contributed by atoms with Crippen LogP contribution in [-0.2, 0) is 0 Å². The van der Waals surface area contributed by atoms with Crippen LogP contribution < -0.4 is 5.32 Å². The summed E-state index contributed by atoms with van der Waals surface area (Å²) in [6, 6.07) is 5.29. The largest absolute Gasteiger partial charge is 0.353 e. The Morgan fingerprint density at radius 2 is 2.44 bits per heavy atom. The van der Waals surface area contributed by atoms with Crippen LogP contribution in [0.5, 0.6) is 0 Å². The van der Waals surface area contributed by atoms with Gasteiger partial charge in [0.15, 0.2) is 0 Å². The lowest BCUT2D eigenvalue weighted by Gasteiger charge is -2.15. The number of imidazole rings is 1. The van der Waals surface area contributed by atoms with Gasteiger partial charge in [-0.15, -0.1) is 11.3 Å². The molecule has 2 aromatic rings. The topological polar surface area (TPSA) is 29.9 Å². The molecule has 1 N–H and O–H groups in total. The molecule has 0 aromatic carbocycles. The van der Waals surface area contributed by atoms with Crippen LogP contribution in [0.1, 0.15) is 30.7 Å². The normalized spacial score (nSPS) is 17.3. The van der Waals surface area contributed by atoms with Crippen LogP contribution >= 0.6 is 11.3 Å². The zero-order valence-electron chi connectivity index (χ0n) is 9.26. The molecule has 0 radical (unpaired) electrons. The van der Waals surface area contributed by atoms with Crippen molar-refractivity contribution in [2.24, 2.45) is 0 Å². The van der Waals surface area contributed by atoms with Crippen molar-refractivity contribution in [2.45, 2.75) is 31.8 Å². The SMILES string of the molecule is CC(c1cccs1)n1ccnc1NC1CC1. The predicted molar refractivity (Wildman–Crippen MR) is 67.0 cm³/mol. The molecule has 1 saturated carbocycles. The van der Waals surface area contributed by atoms with E-state index >= 15 is 0 Å². The summed E-state index contributed by atoms with van der Waals surface area (Å²) in [7, 11) is 0. The summed E-state index contributed by atoms with van der Waals surface area (Å²) in [4.78, 5) is 5.76. The minimum absolute atomic E-state index is 0.365. The maximum absolute atomic E-state index is 4.38. The van der Waals surface area contributed by atoms with Gasteiger partial charge in [0.2, 0.25) is 5.95 Å². The highest BCUT2D eigenvalue weighted by molar-refractivity contribution is 7.10. The molecular formula is C12H15N3S. The molecule has 3 rings (SSSR count). The summed E-state index contributed by atoms with van der Waals surface area (Å²) < 4.78 is 2.21. The molecule has 0 spiro atoms. The number of nitrogens with zero attached hydrogens (tertiary/aromatic N) is 2. The fourth-order valence-corrected chi connectivity index (χ4v) is 2.60. The minimum Gasteiger partial charge on any atom is -0.353 e. The lowest BCUT2D eigenvalue weighted by atomic mass is 10.3. The summed E-state index contributed by atoms with van der Waals surface area (Å²) >= 11 is 1.80. The van der Waals surface area contributed by atoms with Gasteiger partial charge in [-0.25, -0.2) is 4.98 Å². The van der Waals surface area contributed by atoms with Crippen LogP contribution in [0, 0.1) is 0 Å². The molecule has 3 nitrogen and oxygen atoms in total. The fraction of sp³-hybridized carbons (Fsp3) is 0.417. The quantitative estimate of drug-likeness (QED) is 0.879. The summed E-state index contributed by atoms with van der Waals surface area (Å²) in [6.45, 7) is 2.21. The van der Waals surface area contributed by atoms with Crippen LogP contribution in [0.25, 0.3) is 0 Å². The maximum atomic E-state index is 4.38. The van der Waals surface area contributed by atoms with Gasteiger partial charge in [0, 0.05) is 23.3 Å². The molecule has 4 heteroatoms. The van der Waals surface area contributed by atoms with Gasteiger partial charge in [-0.05, 0) is 31.2 Å². The molecular weight excluding hydrogens is 218 g/mol. The van der Waals surface area contributed by atoms with Crippen LogP contribution in [0.15, 0.2) is 29.9 Å². The van der Waals surface area contributed by atoms with Crippen molar-refractivity contribution in [3.8, 4) is 0 Å². The third-order valence-corrected chi connectivity index (χ3v) is 3.99. The van der Waals surface area contributed by atoms with Crippen molar-refractivity contribution in [1.29, 1.82) is 0 Å². The van der Waals surface area contributed by atoms with Gasteiger partial charge in [-0.2, -0.15) is 0 Å². The Morgan fingerprint density at radius 3 is 3.12 bits per heavy atom. The monoisotopic (exact) mass is 233 g/mol. The van der Waals surface area contributed by atoms with Gasteiger partial charge in [-0.1, -0.05) is 6.07 Å². The minimum atomic E-state index is 0.365. The van der Waals surface area contributed by atoms with E-state index in [4.69, 9.17) is 0 Å². The van der Waals surface area contributed by atoms with Crippen molar-refractivity contribution < 1.29 is 0 Å². The molecule has 0 saturated heterocycles. The highest BCUT2D eigenvalue weighted by atomic mass is 32.1. The average molecular weight is 233 g/mol. The number of nitrogens with one attached hydrogen (secondary N) is 1. The molecule has 0 amide bonds. The van der Waals surface area contributed by atoms with Gasteiger partial charge in [0.05, 0.1) is 6.04 Å². The summed E-state index contributed by atoms with van der Waals surface area (Å²) in [5.41, 5.74) is 0. The van der Waals surface area contributed by atoms with E-state index in [0.29, 0.717) is 12.1 Å². The van der Waals surface area contributed by atoms with Gasteiger partial charge < -0.3 is 9.88 Å². The Kier molecular flexibility index (Phi) is 2.44. The molecule has 84 valence electrons. The second-order valence-electron chi connectivity index (χ2n) is 4.27. The second-order valence-corrected chi connectivity index (χ2v) is 5.25. The molecule has 1 atom stereocenters. The van der Waals surface area contributed by atoms with Crippen molar-refractivity contribution >= 4 is 17.3 Å². The van der Waals surface area contributed by atoms with E-state index in [2.05, 4.69) is 45.5 Å². The van der Waals surface area contributed by atoms with E-state index < -0.39 is 0 Å². The molecule has 16 heavy (non-hydrogen) atoms. The second kappa shape index (κ2) is 3.94. The molecule has 0 bridgehead atoms. The third kappa shape index (κ3) is 1.85. The molecule has 1 aliphatic rings. The number of aromatic nitrogens is 2. The molecule has 0 aliphatic heterocycles. The number of thiophene rings is 1. The predicted octanol–water partition coefficient (Wildman–Crippen LogP) is 3.13. The maximum Gasteiger partial charge on any atom is 0.203 e. The molecule has 1 fully saturated rings. The zero-order chi connectivity index (χ0) is 11.0. The van der Waals surface area contributed by atoms with Crippen molar-refractivity contribution in [3.05, 3.63) is 34.8 Å². The van der Waals surface area contributed by atoms with Gasteiger partial charge in [-0.3, -0.25) is 0 Å².